The molecule has 1 aromatic carbocycles. The molecule has 1 aliphatic rings. The van der Waals surface area contributed by atoms with Gasteiger partial charge in [0.25, 0.3) is 0 Å². The molecule has 1 aromatic heterocycles. The Hall–Kier alpha value is -1.16. The lowest BCUT2D eigenvalue weighted by molar-refractivity contribution is 0.000919. The van der Waals surface area contributed by atoms with Crippen LogP contribution in [0.1, 0.15) is 31.2 Å². The van der Waals surface area contributed by atoms with E-state index in [9.17, 15) is 5.11 Å². The number of aliphatic hydroxyl groups is 1. The number of nitrogens with zero attached hydrogens (tertiary/aromatic N) is 1. The molecule has 1 saturated heterocycles. The zero-order chi connectivity index (χ0) is 13.8. The predicted octanol–water partition coefficient (Wildman–Crippen LogP) is 3.09. The fourth-order valence-electron chi connectivity index (χ4n) is 3.02. The predicted molar refractivity (Wildman–Crippen MR) is 89.0 cm³/mol. The van der Waals surface area contributed by atoms with Crippen LogP contribution in [0.15, 0.2) is 36.5 Å². The molecule has 3 nitrogen and oxygen atoms in total. The van der Waals surface area contributed by atoms with E-state index in [0.29, 0.717) is 0 Å². The number of piperidine rings is 1. The van der Waals surface area contributed by atoms with Crippen molar-refractivity contribution >= 4 is 23.3 Å². The van der Waals surface area contributed by atoms with E-state index in [1.165, 1.54) is 10.9 Å². The molecule has 3 rings (SSSR count). The van der Waals surface area contributed by atoms with Gasteiger partial charge in [0.05, 0.1) is 11.1 Å². The number of para-hydroxylation sites is 1. The molecule has 21 heavy (non-hydrogen) atoms. The number of rotatable bonds is 4. The van der Waals surface area contributed by atoms with Crippen molar-refractivity contribution < 1.29 is 5.11 Å². The number of halogens is 1. The van der Waals surface area contributed by atoms with Crippen LogP contribution < -0.4 is 5.32 Å². The van der Waals surface area contributed by atoms with Crippen LogP contribution in [0.25, 0.3) is 10.9 Å². The van der Waals surface area contributed by atoms with Crippen molar-refractivity contribution in [2.24, 2.45) is 0 Å². The Morgan fingerprint density at radius 2 is 1.95 bits per heavy atom. The van der Waals surface area contributed by atoms with E-state index in [1.807, 2.05) is 24.4 Å². The minimum atomic E-state index is -0.449. The zero-order valence-electron chi connectivity index (χ0n) is 12.2. The molecule has 2 N–H and O–H groups in total. The van der Waals surface area contributed by atoms with Crippen molar-refractivity contribution in [3.63, 3.8) is 0 Å². The summed E-state index contributed by atoms with van der Waals surface area (Å²) in [5.74, 6) is 0. The van der Waals surface area contributed by atoms with Gasteiger partial charge in [0.1, 0.15) is 0 Å². The topological polar surface area (TPSA) is 45.2 Å². The summed E-state index contributed by atoms with van der Waals surface area (Å²) in [6.07, 6.45) is 6.63. The number of nitrogens with one attached hydrogen (secondary N) is 1. The average molecular weight is 307 g/mol. The maximum atomic E-state index is 10.5. The Labute approximate surface area is 132 Å². The summed E-state index contributed by atoms with van der Waals surface area (Å²) in [4.78, 5) is 4.49. The molecule has 0 atom stereocenters. The molecule has 2 heterocycles. The number of benzene rings is 1. The van der Waals surface area contributed by atoms with E-state index in [-0.39, 0.29) is 12.4 Å². The first-order valence-electron chi connectivity index (χ1n) is 7.52. The molecule has 114 valence electrons. The Morgan fingerprint density at radius 3 is 2.76 bits per heavy atom. The monoisotopic (exact) mass is 306 g/mol. The molecule has 1 fully saturated rings. The lowest BCUT2D eigenvalue weighted by atomic mass is 9.87. The van der Waals surface area contributed by atoms with Crippen molar-refractivity contribution in [1.82, 2.24) is 10.3 Å². The highest BCUT2D eigenvalue weighted by Gasteiger charge is 2.28. The molecule has 4 heteroatoms. The van der Waals surface area contributed by atoms with E-state index < -0.39 is 5.60 Å². The first-order valence-corrected chi connectivity index (χ1v) is 7.52. The normalized spacial score (nSPS) is 17.4. The van der Waals surface area contributed by atoms with Gasteiger partial charge in [-0.15, -0.1) is 12.4 Å². The SMILES string of the molecule is Cl.OC1(CCCc2cnc3ccccc3c2)CCNCC1. The largest absolute Gasteiger partial charge is 0.390 e. The minimum Gasteiger partial charge on any atom is -0.390 e. The molecule has 0 saturated carbocycles. The second-order valence-corrected chi connectivity index (χ2v) is 5.86. The van der Waals surface area contributed by atoms with Gasteiger partial charge < -0.3 is 10.4 Å². The van der Waals surface area contributed by atoms with E-state index in [4.69, 9.17) is 0 Å². The van der Waals surface area contributed by atoms with Crippen molar-refractivity contribution in [3.05, 3.63) is 42.1 Å². The first-order chi connectivity index (χ1) is 9.75. The van der Waals surface area contributed by atoms with Gasteiger partial charge >= 0.3 is 0 Å². The fourth-order valence-corrected chi connectivity index (χ4v) is 3.02. The molecule has 0 amide bonds. The van der Waals surface area contributed by atoms with Crippen LogP contribution in [0.4, 0.5) is 0 Å². The van der Waals surface area contributed by atoms with Gasteiger partial charge in [0.2, 0.25) is 0 Å². The average Bonchev–Trinajstić information content (AvgIpc) is 2.48. The third-order valence-corrected chi connectivity index (χ3v) is 4.29. The van der Waals surface area contributed by atoms with Gasteiger partial charge in [-0.3, -0.25) is 4.98 Å². The molecule has 0 unspecified atom stereocenters. The summed E-state index contributed by atoms with van der Waals surface area (Å²) in [7, 11) is 0. The third-order valence-electron chi connectivity index (χ3n) is 4.29. The maximum Gasteiger partial charge on any atom is 0.0702 e. The van der Waals surface area contributed by atoms with Crippen LogP contribution >= 0.6 is 12.4 Å². The molecular formula is C17H23ClN2O. The Morgan fingerprint density at radius 1 is 1.19 bits per heavy atom. The van der Waals surface area contributed by atoms with Gasteiger partial charge in [-0.25, -0.2) is 0 Å². The van der Waals surface area contributed by atoms with Gasteiger partial charge in [0, 0.05) is 11.6 Å². The van der Waals surface area contributed by atoms with Crippen molar-refractivity contribution in [1.29, 1.82) is 0 Å². The summed E-state index contributed by atoms with van der Waals surface area (Å²) in [6, 6.07) is 10.4. The summed E-state index contributed by atoms with van der Waals surface area (Å²) in [6.45, 7) is 1.88. The fraction of sp³-hybridized carbons (Fsp3) is 0.471. The second kappa shape index (κ2) is 7.21. The molecule has 0 radical (unpaired) electrons. The van der Waals surface area contributed by atoms with Crippen LogP contribution in [-0.2, 0) is 6.42 Å². The molecule has 1 aliphatic heterocycles. The number of aromatic nitrogens is 1. The molecule has 2 aromatic rings. The Kier molecular flexibility index (Phi) is 5.57. The smallest absolute Gasteiger partial charge is 0.0702 e. The molecule has 0 bridgehead atoms. The van der Waals surface area contributed by atoms with E-state index in [1.54, 1.807) is 0 Å². The summed E-state index contributed by atoms with van der Waals surface area (Å²) < 4.78 is 0. The Balaban J connectivity index is 0.00000161. The van der Waals surface area contributed by atoms with Crippen LogP contribution in [0.5, 0.6) is 0 Å². The summed E-state index contributed by atoms with van der Waals surface area (Å²) in [5.41, 5.74) is 1.87. The van der Waals surface area contributed by atoms with Gasteiger partial charge in [-0.2, -0.15) is 0 Å². The van der Waals surface area contributed by atoms with Gasteiger partial charge in [-0.1, -0.05) is 18.2 Å². The highest BCUT2D eigenvalue weighted by Crippen LogP contribution is 2.25. The van der Waals surface area contributed by atoms with Crippen LogP contribution in [0.3, 0.4) is 0 Å². The van der Waals surface area contributed by atoms with Crippen LogP contribution in [-0.4, -0.2) is 28.8 Å². The number of hydrogen-bond acceptors (Lipinski definition) is 3. The number of hydrogen-bond donors (Lipinski definition) is 2. The number of aryl methyl sites for hydroxylation is 1. The lowest BCUT2D eigenvalue weighted by Crippen LogP contribution is -2.41. The number of pyridine rings is 1. The first kappa shape index (κ1) is 16.2. The third kappa shape index (κ3) is 4.16. The van der Waals surface area contributed by atoms with Crippen LogP contribution in [0, 0.1) is 0 Å². The van der Waals surface area contributed by atoms with E-state index in [2.05, 4.69) is 22.4 Å². The molecular weight excluding hydrogens is 284 g/mol. The number of fused-ring (bicyclic) bond motifs is 1. The van der Waals surface area contributed by atoms with Crippen molar-refractivity contribution in [2.75, 3.05) is 13.1 Å². The second-order valence-electron chi connectivity index (χ2n) is 5.86. The molecule has 0 aliphatic carbocycles. The minimum absolute atomic E-state index is 0. The van der Waals surface area contributed by atoms with E-state index >= 15 is 0 Å². The lowest BCUT2D eigenvalue weighted by Gasteiger charge is -2.32. The summed E-state index contributed by atoms with van der Waals surface area (Å²) >= 11 is 0. The maximum absolute atomic E-state index is 10.5. The molecule has 0 spiro atoms. The van der Waals surface area contributed by atoms with Crippen molar-refractivity contribution in [3.8, 4) is 0 Å². The highest BCUT2D eigenvalue weighted by molar-refractivity contribution is 5.85. The Bertz CT molecular complexity index is 582. The van der Waals surface area contributed by atoms with Gasteiger partial charge in [0.15, 0.2) is 0 Å². The summed E-state index contributed by atoms with van der Waals surface area (Å²) in [5, 5.41) is 15.0. The van der Waals surface area contributed by atoms with Crippen molar-refractivity contribution in [2.45, 2.75) is 37.7 Å². The quantitative estimate of drug-likeness (QED) is 0.912. The zero-order valence-corrected chi connectivity index (χ0v) is 13.0. The van der Waals surface area contributed by atoms with Crippen LogP contribution in [0.2, 0.25) is 0 Å². The highest BCUT2D eigenvalue weighted by atomic mass is 35.5. The van der Waals surface area contributed by atoms with E-state index in [0.717, 1.165) is 50.7 Å². The standard InChI is InChI=1S/C17H22N2O.ClH/c20-17(8-10-18-11-9-17)7-3-4-14-12-15-5-1-2-6-16(15)19-13-14;/h1-2,5-6,12-13,18,20H,3-4,7-11H2;1H. The van der Waals surface area contributed by atoms with Gasteiger partial charge in [-0.05, 0) is 62.9 Å².